The van der Waals surface area contributed by atoms with Crippen LogP contribution in [0.3, 0.4) is 0 Å². The number of allylic oxidation sites excluding steroid dienone is 1. The molecule has 5 heteroatoms. The van der Waals surface area contributed by atoms with E-state index in [-0.39, 0.29) is 11.8 Å². The van der Waals surface area contributed by atoms with E-state index in [1.165, 1.54) is 34.0 Å². The molecule has 0 saturated carbocycles. The van der Waals surface area contributed by atoms with Crippen LogP contribution in [0.1, 0.15) is 28.2 Å². The quantitative estimate of drug-likeness (QED) is 0.714. The third-order valence-electron chi connectivity index (χ3n) is 5.37. The lowest BCUT2D eigenvalue weighted by atomic mass is 9.78. The van der Waals surface area contributed by atoms with Crippen LogP contribution in [0, 0.1) is 0 Å². The van der Waals surface area contributed by atoms with Crippen LogP contribution in [0.5, 0.6) is 0 Å². The Labute approximate surface area is 162 Å². The molecule has 0 aromatic heterocycles. The van der Waals surface area contributed by atoms with Gasteiger partial charge in [0.1, 0.15) is 0 Å². The maximum atomic E-state index is 12.6. The van der Waals surface area contributed by atoms with E-state index >= 15 is 0 Å². The number of morpholine rings is 1. The first-order valence-corrected chi connectivity index (χ1v) is 10.1. The number of carbonyl (C=O) groups excluding carboxylic acids is 1. The normalized spacial score (nSPS) is 21.2. The Balaban J connectivity index is 1.49. The lowest BCUT2D eigenvalue weighted by Crippen LogP contribution is -2.38. The third-order valence-corrected chi connectivity index (χ3v) is 6.43. The molecule has 27 heavy (non-hydrogen) atoms. The number of carbonyl (C=O) groups is 1. The minimum absolute atomic E-state index is 0.0943. The first kappa shape index (κ1) is 16.8. The van der Waals surface area contributed by atoms with E-state index in [9.17, 15) is 4.79 Å². The van der Waals surface area contributed by atoms with Crippen LogP contribution in [-0.4, -0.2) is 42.3 Å². The first-order chi connectivity index (χ1) is 13.3. The van der Waals surface area contributed by atoms with Crippen molar-refractivity contribution in [2.75, 3.05) is 26.3 Å². The van der Waals surface area contributed by atoms with E-state index in [0.717, 1.165) is 29.6 Å². The largest absolute Gasteiger partial charge is 0.378 e. The predicted molar refractivity (Wildman–Crippen MR) is 108 cm³/mol. The number of amidine groups is 1. The molecule has 0 spiro atoms. The minimum atomic E-state index is -0.123. The topological polar surface area (TPSA) is 41.9 Å². The fourth-order valence-corrected chi connectivity index (χ4v) is 4.98. The van der Waals surface area contributed by atoms with Gasteiger partial charge in [-0.2, -0.15) is 4.99 Å². The number of amides is 1. The number of fused-ring (bicyclic) bond motifs is 2. The van der Waals surface area contributed by atoms with E-state index in [2.05, 4.69) is 64.5 Å². The molecule has 2 heterocycles. The van der Waals surface area contributed by atoms with E-state index in [4.69, 9.17) is 4.74 Å². The SMILES string of the molecule is O=C1N=C(N2CCOCC2)S/C1=C\C1c2ccccc2Cc2ccccc21. The average Bonchev–Trinajstić information content (AvgIpc) is 3.09. The van der Waals surface area contributed by atoms with Gasteiger partial charge in [-0.05, 0) is 40.4 Å². The molecular weight excluding hydrogens is 356 g/mol. The van der Waals surface area contributed by atoms with Crippen LogP contribution in [0.4, 0.5) is 0 Å². The number of hydrogen-bond acceptors (Lipinski definition) is 4. The monoisotopic (exact) mass is 376 g/mol. The van der Waals surface area contributed by atoms with E-state index in [1.54, 1.807) is 0 Å². The van der Waals surface area contributed by atoms with Crippen LogP contribution in [0.2, 0.25) is 0 Å². The lowest BCUT2D eigenvalue weighted by molar-refractivity contribution is -0.113. The molecule has 2 aromatic carbocycles. The highest BCUT2D eigenvalue weighted by Crippen LogP contribution is 2.40. The number of hydrogen-bond donors (Lipinski definition) is 0. The standard InChI is InChI=1S/C22H20N2O2S/c25-21-20(27-22(23-21)24-9-11-26-12-10-24)14-19-17-7-3-1-5-15(17)13-16-6-2-4-8-18(16)19/h1-8,14,19H,9-13H2/b20-14-. The van der Waals surface area contributed by atoms with Crippen molar-refractivity contribution in [1.82, 2.24) is 4.90 Å². The summed E-state index contributed by atoms with van der Waals surface area (Å²) < 4.78 is 5.41. The molecule has 0 atom stereocenters. The molecule has 3 aliphatic rings. The van der Waals surface area contributed by atoms with Crippen molar-refractivity contribution in [3.63, 3.8) is 0 Å². The molecule has 0 bridgehead atoms. The van der Waals surface area contributed by atoms with Gasteiger partial charge in [0.15, 0.2) is 5.17 Å². The molecule has 2 aromatic rings. The Morgan fingerprint density at radius 2 is 1.63 bits per heavy atom. The smallest absolute Gasteiger partial charge is 0.285 e. The predicted octanol–water partition coefficient (Wildman–Crippen LogP) is 3.57. The summed E-state index contributed by atoms with van der Waals surface area (Å²) >= 11 is 1.50. The highest BCUT2D eigenvalue weighted by Gasteiger charge is 2.30. The fraction of sp³-hybridized carbons (Fsp3) is 0.273. The zero-order valence-corrected chi connectivity index (χ0v) is 15.7. The zero-order chi connectivity index (χ0) is 18.2. The number of nitrogens with zero attached hydrogens (tertiary/aromatic N) is 2. The molecule has 5 rings (SSSR count). The molecule has 1 fully saturated rings. The summed E-state index contributed by atoms with van der Waals surface area (Å²) in [5.41, 5.74) is 5.25. The molecule has 0 radical (unpaired) electrons. The van der Waals surface area contributed by atoms with Gasteiger partial charge in [0.2, 0.25) is 0 Å². The van der Waals surface area contributed by atoms with E-state index < -0.39 is 0 Å². The second kappa shape index (κ2) is 6.98. The summed E-state index contributed by atoms with van der Waals surface area (Å²) in [6.45, 7) is 2.97. The number of rotatable bonds is 1. The number of aliphatic imine (C=N–C) groups is 1. The first-order valence-electron chi connectivity index (χ1n) is 9.30. The summed E-state index contributed by atoms with van der Waals surface area (Å²) in [5.74, 6) is -0.0288. The molecule has 1 amide bonds. The highest BCUT2D eigenvalue weighted by atomic mass is 32.2. The highest BCUT2D eigenvalue weighted by molar-refractivity contribution is 8.18. The zero-order valence-electron chi connectivity index (χ0n) is 14.9. The van der Waals surface area contributed by atoms with Gasteiger partial charge in [0.05, 0.1) is 18.1 Å². The van der Waals surface area contributed by atoms with Crippen molar-refractivity contribution in [3.8, 4) is 0 Å². The van der Waals surface area contributed by atoms with Crippen molar-refractivity contribution in [2.24, 2.45) is 4.99 Å². The van der Waals surface area contributed by atoms with Crippen LogP contribution >= 0.6 is 11.8 Å². The molecule has 136 valence electrons. The van der Waals surface area contributed by atoms with Gasteiger partial charge in [-0.15, -0.1) is 0 Å². The Kier molecular flexibility index (Phi) is 4.34. The molecule has 0 unspecified atom stereocenters. The Morgan fingerprint density at radius 3 is 2.30 bits per heavy atom. The summed E-state index contributed by atoms with van der Waals surface area (Å²) in [4.78, 5) is 19.8. The molecule has 2 aliphatic heterocycles. The molecular formula is C22H20N2O2S. The minimum Gasteiger partial charge on any atom is -0.378 e. The second-order valence-electron chi connectivity index (χ2n) is 6.98. The lowest BCUT2D eigenvalue weighted by Gasteiger charge is -2.28. The Morgan fingerprint density at radius 1 is 1.00 bits per heavy atom. The van der Waals surface area contributed by atoms with Crippen molar-refractivity contribution < 1.29 is 9.53 Å². The van der Waals surface area contributed by atoms with Gasteiger partial charge in [-0.1, -0.05) is 54.6 Å². The Hall–Kier alpha value is -2.37. The van der Waals surface area contributed by atoms with Crippen LogP contribution in [0.25, 0.3) is 0 Å². The third kappa shape index (κ3) is 3.11. The summed E-state index contributed by atoms with van der Waals surface area (Å²) in [6.07, 6.45) is 3.06. The van der Waals surface area contributed by atoms with Crippen LogP contribution < -0.4 is 0 Å². The summed E-state index contributed by atoms with van der Waals surface area (Å²) in [7, 11) is 0. The maximum absolute atomic E-state index is 12.6. The summed E-state index contributed by atoms with van der Waals surface area (Å²) in [6, 6.07) is 17.1. The number of thioether (sulfide) groups is 1. The van der Waals surface area contributed by atoms with Gasteiger partial charge in [0.25, 0.3) is 5.91 Å². The van der Waals surface area contributed by atoms with Gasteiger partial charge in [-0.3, -0.25) is 4.79 Å². The van der Waals surface area contributed by atoms with Gasteiger partial charge in [-0.25, -0.2) is 0 Å². The van der Waals surface area contributed by atoms with Crippen LogP contribution in [0.15, 0.2) is 64.5 Å². The molecule has 0 N–H and O–H groups in total. The van der Waals surface area contributed by atoms with Crippen molar-refractivity contribution in [2.45, 2.75) is 12.3 Å². The maximum Gasteiger partial charge on any atom is 0.285 e. The van der Waals surface area contributed by atoms with Crippen LogP contribution in [-0.2, 0) is 16.0 Å². The van der Waals surface area contributed by atoms with E-state index in [1.807, 2.05) is 0 Å². The number of benzene rings is 2. The summed E-state index contributed by atoms with van der Waals surface area (Å²) in [5, 5.41) is 0.812. The second-order valence-corrected chi connectivity index (χ2v) is 7.99. The molecule has 1 saturated heterocycles. The molecule has 1 aliphatic carbocycles. The van der Waals surface area contributed by atoms with Crippen molar-refractivity contribution >= 4 is 22.8 Å². The van der Waals surface area contributed by atoms with Gasteiger partial charge >= 0.3 is 0 Å². The average molecular weight is 376 g/mol. The van der Waals surface area contributed by atoms with Crippen molar-refractivity contribution in [3.05, 3.63) is 81.8 Å². The van der Waals surface area contributed by atoms with E-state index in [0.29, 0.717) is 13.2 Å². The fourth-order valence-electron chi connectivity index (χ4n) is 4.00. The van der Waals surface area contributed by atoms with Crippen molar-refractivity contribution in [1.29, 1.82) is 0 Å². The Bertz CT molecular complexity index is 915. The van der Waals surface area contributed by atoms with Gasteiger partial charge in [0, 0.05) is 19.0 Å². The number of ether oxygens (including phenoxy) is 1. The molecule has 4 nitrogen and oxygen atoms in total. The van der Waals surface area contributed by atoms with Gasteiger partial charge < -0.3 is 9.64 Å².